The van der Waals surface area contributed by atoms with Gasteiger partial charge in [0.25, 0.3) is 0 Å². The molecule has 3 nitrogen and oxygen atoms in total. The SMILES string of the molecule is CC=CCCCC.OCCOCCO. The molecule has 0 aliphatic rings. The Kier molecular flexibility index (Phi) is 21.1. The van der Waals surface area contributed by atoms with Crippen molar-refractivity contribution >= 4 is 0 Å². The molecule has 0 aromatic heterocycles. The lowest BCUT2D eigenvalue weighted by atomic mass is 10.2. The topological polar surface area (TPSA) is 49.7 Å². The van der Waals surface area contributed by atoms with Crippen LogP contribution >= 0.6 is 0 Å². The first-order valence-electron chi connectivity index (χ1n) is 5.24. The molecule has 0 heterocycles. The van der Waals surface area contributed by atoms with Crippen molar-refractivity contribution in [3.63, 3.8) is 0 Å². The number of aliphatic hydroxyl groups excluding tert-OH is 2. The standard InChI is InChI=1S/C7H14.C4H10O3/c1-3-5-7-6-4-2;5-1-3-7-4-2-6/h3,5H,4,6-7H2,1-2H3;5-6H,1-4H2. The van der Waals surface area contributed by atoms with E-state index >= 15 is 0 Å². The third kappa shape index (κ3) is 22.6. The number of rotatable bonds is 7. The fourth-order valence-corrected chi connectivity index (χ4v) is 0.720. The van der Waals surface area contributed by atoms with Gasteiger partial charge >= 0.3 is 0 Å². The highest BCUT2D eigenvalue weighted by molar-refractivity contribution is 4.75. The van der Waals surface area contributed by atoms with Crippen molar-refractivity contribution in [1.82, 2.24) is 0 Å². The quantitative estimate of drug-likeness (QED) is 0.490. The molecule has 0 rings (SSSR count). The highest BCUT2D eigenvalue weighted by atomic mass is 16.5. The monoisotopic (exact) mass is 204 g/mol. The molecule has 0 saturated carbocycles. The molecular formula is C11H24O3. The summed E-state index contributed by atoms with van der Waals surface area (Å²) < 4.78 is 4.63. The van der Waals surface area contributed by atoms with Gasteiger partial charge in [-0.3, -0.25) is 0 Å². The van der Waals surface area contributed by atoms with E-state index in [-0.39, 0.29) is 13.2 Å². The first-order chi connectivity index (χ1) is 6.83. The molecule has 0 fully saturated rings. The van der Waals surface area contributed by atoms with Crippen molar-refractivity contribution in [1.29, 1.82) is 0 Å². The van der Waals surface area contributed by atoms with E-state index in [4.69, 9.17) is 10.2 Å². The second-order valence-corrected chi connectivity index (χ2v) is 2.77. The highest BCUT2D eigenvalue weighted by Gasteiger charge is 1.79. The Morgan fingerprint density at radius 2 is 1.71 bits per heavy atom. The molecule has 0 radical (unpaired) electrons. The van der Waals surface area contributed by atoms with E-state index in [0.717, 1.165) is 0 Å². The van der Waals surface area contributed by atoms with E-state index in [2.05, 4.69) is 30.7 Å². The molecular weight excluding hydrogens is 180 g/mol. The van der Waals surface area contributed by atoms with Gasteiger partial charge in [0.2, 0.25) is 0 Å². The zero-order valence-corrected chi connectivity index (χ0v) is 9.41. The molecule has 0 amide bonds. The lowest BCUT2D eigenvalue weighted by Crippen LogP contribution is -2.03. The van der Waals surface area contributed by atoms with E-state index in [1.807, 2.05) is 0 Å². The van der Waals surface area contributed by atoms with Crippen LogP contribution in [-0.4, -0.2) is 36.6 Å². The van der Waals surface area contributed by atoms with E-state index in [1.165, 1.54) is 19.3 Å². The summed E-state index contributed by atoms with van der Waals surface area (Å²) in [7, 11) is 0. The maximum atomic E-state index is 8.09. The van der Waals surface area contributed by atoms with Gasteiger partial charge < -0.3 is 14.9 Å². The van der Waals surface area contributed by atoms with Crippen LogP contribution in [-0.2, 0) is 4.74 Å². The van der Waals surface area contributed by atoms with E-state index in [9.17, 15) is 0 Å². The van der Waals surface area contributed by atoms with Crippen LogP contribution in [0.15, 0.2) is 12.2 Å². The van der Waals surface area contributed by atoms with Crippen LogP contribution < -0.4 is 0 Å². The molecule has 3 heteroatoms. The van der Waals surface area contributed by atoms with Crippen molar-refractivity contribution in [2.75, 3.05) is 26.4 Å². The van der Waals surface area contributed by atoms with Gasteiger partial charge in [0, 0.05) is 0 Å². The molecule has 0 aromatic carbocycles. The minimum absolute atomic E-state index is 0.0278. The summed E-state index contributed by atoms with van der Waals surface area (Å²) in [5.74, 6) is 0. The molecule has 2 N–H and O–H groups in total. The summed E-state index contributed by atoms with van der Waals surface area (Å²) in [4.78, 5) is 0. The van der Waals surface area contributed by atoms with Crippen molar-refractivity contribution in [3.8, 4) is 0 Å². The fourth-order valence-electron chi connectivity index (χ4n) is 0.720. The van der Waals surface area contributed by atoms with Crippen molar-refractivity contribution in [2.24, 2.45) is 0 Å². The first kappa shape index (κ1) is 16.1. The van der Waals surface area contributed by atoms with Crippen LogP contribution in [0, 0.1) is 0 Å². The van der Waals surface area contributed by atoms with E-state index < -0.39 is 0 Å². The van der Waals surface area contributed by atoms with Crippen LogP contribution in [0.1, 0.15) is 33.1 Å². The lowest BCUT2D eigenvalue weighted by molar-refractivity contribution is 0.0650. The van der Waals surface area contributed by atoms with Gasteiger partial charge in [-0.05, 0) is 13.3 Å². The highest BCUT2D eigenvalue weighted by Crippen LogP contribution is 1.93. The summed E-state index contributed by atoms with van der Waals surface area (Å²) in [6, 6.07) is 0. The smallest absolute Gasteiger partial charge is 0.0698 e. The summed E-state index contributed by atoms with van der Waals surface area (Å²) in [6.45, 7) is 4.97. The zero-order valence-electron chi connectivity index (χ0n) is 9.41. The second-order valence-electron chi connectivity index (χ2n) is 2.77. The molecule has 86 valence electrons. The molecule has 0 unspecified atom stereocenters. The fraction of sp³-hybridized carbons (Fsp3) is 0.818. The van der Waals surface area contributed by atoms with E-state index in [0.29, 0.717) is 13.2 Å². The molecule has 0 bridgehead atoms. The number of hydrogen-bond donors (Lipinski definition) is 2. The zero-order chi connectivity index (χ0) is 11.1. The minimum atomic E-state index is 0.0278. The summed E-state index contributed by atoms with van der Waals surface area (Å²) in [6.07, 6.45) is 8.22. The molecule has 0 aromatic rings. The third-order valence-corrected chi connectivity index (χ3v) is 1.43. The predicted molar refractivity (Wildman–Crippen MR) is 59.3 cm³/mol. The molecule has 0 aliphatic carbocycles. The van der Waals surface area contributed by atoms with Gasteiger partial charge in [0.1, 0.15) is 0 Å². The van der Waals surface area contributed by atoms with Crippen LogP contribution in [0.5, 0.6) is 0 Å². The second kappa shape index (κ2) is 18.4. The number of hydrogen-bond acceptors (Lipinski definition) is 3. The van der Waals surface area contributed by atoms with Gasteiger partial charge in [-0.2, -0.15) is 0 Å². The average Bonchev–Trinajstić information content (AvgIpc) is 2.21. The number of allylic oxidation sites excluding steroid dienone is 2. The molecule has 0 aliphatic heterocycles. The maximum absolute atomic E-state index is 8.09. The normalized spacial score (nSPS) is 10.0. The summed E-state index contributed by atoms with van der Waals surface area (Å²) in [5.41, 5.74) is 0. The Hall–Kier alpha value is -0.380. The maximum Gasteiger partial charge on any atom is 0.0698 e. The Balaban J connectivity index is 0. The first-order valence-corrected chi connectivity index (χ1v) is 5.24. The van der Waals surface area contributed by atoms with Gasteiger partial charge in [0.15, 0.2) is 0 Å². The Morgan fingerprint density at radius 1 is 1.14 bits per heavy atom. The average molecular weight is 204 g/mol. The number of aliphatic hydroxyl groups is 2. The van der Waals surface area contributed by atoms with Gasteiger partial charge in [-0.25, -0.2) is 0 Å². The van der Waals surface area contributed by atoms with Crippen LogP contribution in [0.2, 0.25) is 0 Å². The Morgan fingerprint density at radius 3 is 2.07 bits per heavy atom. The molecule has 14 heavy (non-hydrogen) atoms. The number of unbranched alkanes of at least 4 members (excludes halogenated alkanes) is 2. The van der Waals surface area contributed by atoms with Crippen LogP contribution in [0.25, 0.3) is 0 Å². The number of ether oxygens (including phenoxy) is 1. The molecule has 0 atom stereocenters. The molecule has 0 saturated heterocycles. The van der Waals surface area contributed by atoms with Crippen LogP contribution in [0.3, 0.4) is 0 Å². The van der Waals surface area contributed by atoms with Gasteiger partial charge in [-0.1, -0.05) is 31.9 Å². The van der Waals surface area contributed by atoms with Crippen molar-refractivity contribution in [3.05, 3.63) is 12.2 Å². The summed E-state index contributed by atoms with van der Waals surface area (Å²) >= 11 is 0. The summed E-state index contributed by atoms with van der Waals surface area (Å²) in [5, 5.41) is 16.2. The largest absolute Gasteiger partial charge is 0.394 e. The van der Waals surface area contributed by atoms with Gasteiger partial charge in [0.05, 0.1) is 26.4 Å². The van der Waals surface area contributed by atoms with Gasteiger partial charge in [-0.15, -0.1) is 0 Å². The Bertz CT molecular complexity index is 98.7. The molecule has 0 spiro atoms. The van der Waals surface area contributed by atoms with E-state index in [1.54, 1.807) is 0 Å². The predicted octanol–water partition coefficient (Wildman–Crippen LogP) is 1.74. The third-order valence-electron chi connectivity index (χ3n) is 1.43. The van der Waals surface area contributed by atoms with Crippen molar-refractivity contribution in [2.45, 2.75) is 33.1 Å². The van der Waals surface area contributed by atoms with Crippen molar-refractivity contribution < 1.29 is 14.9 Å². The lowest BCUT2D eigenvalue weighted by Gasteiger charge is -1.94. The van der Waals surface area contributed by atoms with Crippen LogP contribution in [0.4, 0.5) is 0 Å². The Labute approximate surface area is 87.4 Å². The minimum Gasteiger partial charge on any atom is -0.394 e.